The van der Waals surface area contributed by atoms with Crippen LogP contribution in [0.5, 0.6) is 0 Å². The molecule has 0 aromatic carbocycles. The van der Waals surface area contributed by atoms with Crippen molar-refractivity contribution in [2.75, 3.05) is 30.3 Å². The molecule has 0 fully saturated rings. The molecule has 78 valence electrons. The Balaban J connectivity index is 2.73. The molecule has 0 radical (unpaired) electrons. The minimum atomic E-state index is 0.198. The molecule has 1 heterocycles. The van der Waals surface area contributed by atoms with Crippen molar-refractivity contribution in [3.05, 3.63) is 18.3 Å². The highest BCUT2D eigenvalue weighted by Gasteiger charge is 2.07. The molecule has 3 N–H and O–H groups in total. The number of hydrogen-bond acceptors (Lipinski definition) is 4. The van der Waals surface area contributed by atoms with Gasteiger partial charge in [0.15, 0.2) is 5.82 Å². The maximum absolute atomic E-state index is 8.75. The van der Waals surface area contributed by atoms with Crippen LogP contribution in [-0.2, 0) is 0 Å². The van der Waals surface area contributed by atoms with Gasteiger partial charge in [0.25, 0.3) is 0 Å². The van der Waals surface area contributed by atoms with Crippen molar-refractivity contribution in [1.29, 1.82) is 0 Å². The van der Waals surface area contributed by atoms with Gasteiger partial charge in [-0.15, -0.1) is 0 Å². The Labute approximate surface area is 84.4 Å². The zero-order chi connectivity index (χ0) is 10.4. The summed E-state index contributed by atoms with van der Waals surface area (Å²) in [6.07, 6.45) is 2.47. The number of hydrogen-bond donors (Lipinski definition) is 2. The lowest BCUT2D eigenvalue weighted by Crippen LogP contribution is -2.26. The number of nitrogens with zero attached hydrogens (tertiary/aromatic N) is 2. The maximum Gasteiger partial charge on any atom is 0.151 e. The van der Waals surface area contributed by atoms with E-state index in [0.717, 1.165) is 25.3 Å². The summed E-state index contributed by atoms with van der Waals surface area (Å²) in [5, 5.41) is 8.75. The van der Waals surface area contributed by atoms with E-state index in [-0.39, 0.29) is 6.61 Å². The van der Waals surface area contributed by atoms with Crippen LogP contribution in [0.15, 0.2) is 18.3 Å². The van der Waals surface area contributed by atoms with Crippen molar-refractivity contribution in [3.63, 3.8) is 0 Å². The first-order chi connectivity index (χ1) is 6.79. The third kappa shape index (κ3) is 2.60. The zero-order valence-electron chi connectivity index (χ0n) is 8.48. The highest BCUT2D eigenvalue weighted by atomic mass is 16.3. The number of nitrogen functional groups attached to an aromatic ring is 1. The van der Waals surface area contributed by atoms with E-state index < -0.39 is 0 Å². The van der Waals surface area contributed by atoms with E-state index in [1.165, 1.54) is 0 Å². The number of rotatable bonds is 5. The van der Waals surface area contributed by atoms with Gasteiger partial charge in [-0.2, -0.15) is 0 Å². The van der Waals surface area contributed by atoms with Crippen LogP contribution in [0.2, 0.25) is 0 Å². The Kier molecular flexibility index (Phi) is 4.19. The lowest BCUT2D eigenvalue weighted by molar-refractivity contribution is 0.289. The van der Waals surface area contributed by atoms with Crippen molar-refractivity contribution < 1.29 is 5.11 Å². The SMILES string of the molecule is CCN(CCCO)c1ncccc1N. The van der Waals surface area contributed by atoms with Gasteiger partial charge >= 0.3 is 0 Å². The largest absolute Gasteiger partial charge is 0.396 e. The van der Waals surface area contributed by atoms with E-state index in [9.17, 15) is 0 Å². The standard InChI is InChI=1S/C10H17N3O/c1-2-13(7-4-8-14)10-9(11)5-3-6-12-10/h3,5-6,14H,2,4,7-8,11H2,1H3. The highest BCUT2D eigenvalue weighted by Crippen LogP contribution is 2.18. The average molecular weight is 195 g/mol. The Morgan fingerprint density at radius 2 is 2.36 bits per heavy atom. The second-order valence-corrected chi connectivity index (χ2v) is 3.07. The quantitative estimate of drug-likeness (QED) is 0.732. The predicted octanol–water partition coefficient (Wildman–Crippen LogP) is 0.873. The monoisotopic (exact) mass is 195 g/mol. The summed E-state index contributed by atoms with van der Waals surface area (Å²) in [7, 11) is 0. The molecule has 1 aromatic rings. The number of pyridine rings is 1. The van der Waals surface area contributed by atoms with Crippen LogP contribution in [0.3, 0.4) is 0 Å². The molecule has 1 aromatic heterocycles. The van der Waals surface area contributed by atoms with E-state index in [2.05, 4.69) is 9.88 Å². The summed E-state index contributed by atoms with van der Waals surface area (Å²) in [5.41, 5.74) is 6.49. The van der Waals surface area contributed by atoms with Crippen LogP contribution in [0.4, 0.5) is 11.5 Å². The topological polar surface area (TPSA) is 62.4 Å². The number of aliphatic hydroxyl groups is 1. The first kappa shape index (κ1) is 10.8. The van der Waals surface area contributed by atoms with E-state index in [1.807, 2.05) is 19.1 Å². The lowest BCUT2D eigenvalue weighted by atomic mass is 10.3. The third-order valence-corrected chi connectivity index (χ3v) is 2.08. The number of nitrogens with two attached hydrogens (primary N) is 1. The molecule has 0 aliphatic heterocycles. The molecule has 0 bridgehead atoms. The van der Waals surface area contributed by atoms with E-state index in [4.69, 9.17) is 10.8 Å². The van der Waals surface area contributed by atoms with Crippen molar-refractivity contribution in [2.24, 2.45) is 0 Å². The molecule has 14 heavy (non-hydrogen) atoms. The molecular weight excluding hydrogens is 178 g/mol. The number of aliphatic hydroxyl groups excluding tert-OH is 1. The van der Waals surface area contributed by atoms with Gasteiger partial charge in [-0.05, 0) is 25.5 Å². The van der Waals surface area contributed by atoms with Crippen LogP contribution >= 0.6 is 0 Å². The van der Waals surface area contributed by atoms with Gasteiger partial charge in [0.2, 0.25) is 0 Å². The van der Waals surface area contributed by atoms with Gasteiger partial charge in [-0.3, -0.25) is 0 Å². The molecular formula is C10H17N3O. The molecule has 1 rings (SSSR count). The molecule has 0 atom stereocenters. The average Bonchev–Trinajstić information content (AvgIpc) is 2.21. The van der Waals surface area contributed by atoms with Crippen LogP contribution in [0.1, 0.15) is 13.3 Å². The van der Waals surface area contributed by atoms with Gasteiger partial charge < -0.3 is 15.7 Å². The van der Waals surface area contributed by atoms with Crippen molar-refractivity contribution in [3.8, 4) is 0 Å². The molecule has 0 aliphatic carbocycles. The molecule has 0 saturated carbocycles. The van der Waals surface area contributed by atoms with Crippen molar-refractivity contribution in [1.82, 2.24) is 4.98 Å². The van der Waals surface area contributed by atoms with Gasteiger partial charge in [0.1, 0.15) is 0 Å². The van der Waals surface area contributed by atoms with Crippen LogP contribution < -0.4 is 10.6 Å². The van der Waals surface area contributed by atoms with E-state index >= 15 is 0 Å². The molecule has 0 aliphatic rings. The maximum atomic E-state index is 8.75. The number of aromatic nitrogens is 1. The minimum absolute atomic E-state index is 0.198. The Morgan fingerprint density at radius 3 is 2.93 bits per heavy atom. The fraction of sp³-hybridized carbons (Fsp3) is 0.500. The Hall–Kier alpha value is -1.29. The Bertz CT molecular complexity index is 278. The van der Waals surface area contributed by atoms with Crippen LogP contribution in [-0.4, -0.2) is 29.8 Å². The lowest BCUT2D eigenvalue weighted by Gasteiger charge is -2.22. The zero-order valence-corrected chi connectivity index (χ0v) is 8.48. The molecule has 0 unspecified atom stereocenters. The summed E-state index contributed by atoms with van der Waals surface area (Å²) in [4.78, 5) is 6.28. The summed E-state index contributed by atoms with van der Waals surface area (Å²) in [6.45, 7) is 3.88. The summed E-state index contributed by atoms with van der Waals surface area (Å²) >= 11 is 0. The van der Waals surface area contributed by atoms with Crippen LogP contribution in [0.25, 0.3) is 0 Å². The fourth-order valence-corrected chi connectivity index (χ4v) is 1.35. The third-order valence-electron chi connectivity index (χ3n) is 2.08. The summed E-state index contributed by atoms with van der Waals surface area (Å²) in [6, 6.07) is 3.66. The van der Waals surface area contributed by atoms with E-state index in [0.29, 0.717) is 5.69 Å². The van der Waals surface area contributed by atoms with Crippen molar-refractivity contribution >= 4 is 11.5 Å². The van der Waals surface area contributed by atoms with Gasteiger partial charge in [0.05, 0.1) is 5.69 Å². The molecule has 4 nitrogen and oxygen atoms in total. The first-order valence-electron chi connectivity index (χ1n) is 4.86. The Morgan fingerprint density at radius 1 is 1.57 bits per heavy atom. The molecule has 0 spiro atoms. The smallest absolute Gasteiger partial charge is 0.151 e. The highest BCUT2D eigenvalue weighted by molar-refractivity contribution is 5.61. The number of anilines is 2. The second kappa shape index (κ2) is 5.44. The van der Waals surface area contributed by atoms with Gasteiger partial charge in [-0.1, -0.05) is 0 Å². The summed E-state index contributed by atoms with van der Waals surface area (Å²) in [5.74, 6) is 0.809. The molecule has 4 heteroatoms. The normalized spacial score (nSPS) is 10.1. The van der Waals surface area contributed by atoms with E-state index in [1.54, 1.807) is 6.20 Å². The van der Waals surface area contributed by atoms with Gasteiger partial charge in [-0.25, -0.2) is 4.98 Å². The minimum Gasteiger partial charge on any atom is -0.396 e. The molecule has 0 saturated heterocycles. The predicted molar refractivity (Wildman–Crippen MR) is 58.2 cm³/mol. The van der Waals surface area contributed by atoms with Crippen molar-refractivity contribution in [2.45, 2.75) is 13.3 Å². The summed E-state index contributed by atoms with van der Waals surface area (Å²) < 4.78 is 0. The van der Waals surface area contributed by atoms with Crippen LogP contribution in [0, 0.1) is 0 Å². The molecule has 0 amide bonds. The van der Waals surface area contributed by atoms with Gasteiger partial charge in [0, 0.05) is 25.9 Å². The fourth-order valence-electron chi connectivity index (χ4n) is 1.35. The first-order valence-corrected chi connectivity index (χ1v) is 4.86. The second-order valence-electron chi connectivity index (χ2n) is 3.07.